The molecule has 0 saturated carbocycles. The molecule has 0 saturated heterocycles. The van der Waals surface area contributed by atoms with E-state index >= 15 is 0 Å². The van der Waals surface area contributed by atoms with Crippen LogP contribution >= 0.6 is 11.8 Å². The Morgan fingerprint density at radius 3 is 2.83 bits per heavy atom. The lowest BCUT2D eigenvalue weighted by Gasteiger charge is -2.24. The van der Waals surface area contributed by atoms with E-state index in [0.29, 0.717) is 0 Å². The standard InChI is InChI=1S/C10H10ClN/c1-8-6-12(11)7-9-4-2-3-5-10(8)9/h2-5H,1,6-7H2. The molecule has 1 aliphatic rings. The number of fused-ring (bicyclic) bond motifs is 1. The Labute approximate surface area is 77.4 Å². The largest absolute Gasteiger partial charge is 0.211 e. The van der Waals surface area contributed by atoms with Gasteiger partial charge in [0.1, 0.15) is 0 Å². The van der Waals surface area contributed by atoms with Gasteiger partial charge >= 0.3 is 0 Å². The highest BCUT2D eigenvalue weighted by atomic mass is 35.5. The summed E-state index contributed by atoms with van der Waals surface area (Å²) in [6.45, 7) is 5.56. The van der Waals surface area contributed by atoms with Gasteiger partial charge in [0, 0.05) is 13.1 Å². The molecule has 0 bridgehead atoms. The van der Waals surface area contributed by atoms with Crippen molar-refractivity contribution in [3.8, 4) is 0 Å². The summed E-state index contributed by atoms with van der Waals surface area (Å²) in [6.07, 6.45) is 0. The molecule has 0 atom stereocenters. The maximum absolute atomic E-state index is 5.91. The molecule has 1 aromatic rings. The predicted octanol–water partition coefficient (Wildman–Crippen LogP) is 2.67. The second-order valence-electron chi connectivity index (χ2n) is 3.04. The molecule has 0 aromatic heterocycles. The van der Waals surface area contributed by atoms with Crippen LogP contribution in [0.2, 0.25) is 0 Å². The summed E-state index contributed by atoms with van der Waals surface area (Å²) in [7, 11) is 0. The van der Waals surface area contributed by atoms with Gasteiger partial charge < -0.3 is 0 Å². The van der Waals surface area contributed by atoms with Crippen LogP contribution in [0.25, 0.3) is 5.57 Å². The van der Waals surface area contributed by atoms with E-state index in [9.17, 15) is 0 Å². The molecule has 1 aromatic carbocycles. The van der Waals surface area contributed by atoms with Crippen molar-refractivity contribution in [2.24, 2.45) is 0 Å². The van der Waals surface area contributed by atoms with E-state index in [-0.39, 0.29) is 0 Å². The van der Waals surface area contributed by atoms with Crippen molar-refractivity contribution < 1.29 is 0 Å². The van der Waals surface area contributed by atoms with Gasteiger partial charge in [-0.15, -0.1) is 0 Å². The van der Waals surface area contributed by atoms with Crippen molar-refractivity contribution in [1.82, 2.24) is 4.42 Å². The third kappa shape index (κ3) is 1.26. The molecular weight excluding hydrogens is 170 g/mol. The van der Waals surface area contributed by atoms with Crippen molar-refractivity contribution in [2.45, 2.75) is 6.54 Å². The number of hydrogen-bond donors (Lipinski definition) is 0. The minimum atomic E-state index is 0.762. The predicted molar refractivity (Wildman–Crippen MR) is 51.7 cm³/mol. The van der Waals surface area contributed by atoms with Gasteiger partial charge in [-0.3, -0.25) is 0 Å². The number of halogens is 1. The Morgan fingerprint density at radius 1 is 1.25 bits per heavy atom. The van der Waals surface area contributed by atoms with E-state index in [1.54, 1.807) is 4.42 Å². The van der Waals surface area contributed by atoms with Crippen LogP contribution in [0.1, 0.15) is 11.1 Å². The maximum atomic E-state index is 5.91. The normalized spacial score (nSPS) is 17.6. The zero-order chi connectivity index (χ0) is 8.55. The van der Waals surface area contributed by atoms with Gasteiger partial charge in [-0.2, -0.15) is 0 Å². The smallest absolute Gasteiger partial charge is 0.0399 e. The van der Waals surface area contributed by atoms with Crippen LogP contribution in [0.3, 0.4) is 0 Å². The first-order valence-electron chi connectivity index (χ1n) is 3.94. The van der Waals surface area contributed by atoms with Gasteiger partial charge in [0.25, 0.3) is 0 Å². The molecule has 62 valence electrons. The third-order valence-electron chi connectivity index (χ3n) is 2.10. The van der Waals surface area contributed by atoms with Gasteiger partial charge in [0.05, 0.1) is 0 Å². The van der Waals surface area contributed by atoms with E-state index in [1.807, 2.05) is 12.1 Å². The van der Waals surface area contributed by atoms with Crippen LogP contribution in [-0.2, 0) is 6.54 Å². The van der Waals surface area contributed by atoms with Crippen molar-refractivity contribution in [3.63, 3.8) is 0 Å². The van der Waals surface area contributed by atoms with Crippen molar-refractivity contribution in [1.29, 1.82) is 0 Å². The van der Waals surface area contributed by atoms with Gasteiger partial charge in [-0.05, 0) is 28.5 Å². The molecule has 2 rings (SSSR count). The zero-order valence-electron chi connectivity index (χ0n) is 6.76. The first-order valence-corrected chi connectivity index (χ1v) is 4.28. The zero-order valence-corrected chi connectivity index (χ0v) is 7.51. The van der Waals surface area contributed by atoms with Crippen LogP contribution < -0.4 is 0 Å². The van der Waals surface area contributed by atoms with Crippen LogP contribution in [0, 0.1) is 0 Å². The molecule has 1 heterocycles. The summed E-state index contributed by atoms with van der Waals surface area (Å²) in [5, 5.41) is 0. The number of hydrogen-bond acceptors (Lipinski definition) is 1. The van der Waals surface area contributed by atoms with Gasteiger partial charge in [-0.25, -0.2) is 4.42 Å². The highest BCUT2D eigenvalue weighted by molar-refractivity contribution is 6.14. The highest BCUT2D eigenvalue weighted by Gasteiger charge is 2.16. The molecule has 0 N–H and O–H groups in total. The highest BCUT2D eigenvalue weighted by Crippen LogP contribution is 2.26. The van der Waals surface area contributed by atoms with Gasteiger partial charge in [0.15, 0.2) is 0 Å². The molecule has 12 heavy (non-hydrogen) atoms. The fourth-order valence-electron chi connectivity index (χ4n) is 1.54. The SMILES string of the molecule is C=C1CN(Cl)Cc2ccccc21. The summed E-state index contributed by atoms with van der Waals surface area (Å²) in [6, 6.07) is 8.26. The topological polar surface area (TPSA) is 3.24 Å². The first kappa shape index (κ1) is 7.84. The van der Waals surface area contributed by atoms with Crippen LogP contribution in [0.15, 0.2) is 30.8 Å². The van der Waals surface area contributed by atoms with Gasteiger partial charge in [-0.1, -0.05) is 30.8 Å². The van der Waals surface area contributed by atoms with Crippen LogP contribution in [0.5, 0.6) is 0 Å². The molecule has 1 aliphatic heterocycles. The van der Waals surface area contributed by atoms with Crippen LogP contribution in [-0.4, -0.2) is 11.0 Å². The molecule has 1 nitrogen and oxygen atoms in total. The Balaban J connectivity index is 2.47. The lowest BCUT2D eigenvalue weighted by Crippen LogP contribution is -2.20. The Kier molecular flexibility index (Phi) is 1.91. The minimum Gasteiger partial charge on any atom is -0.211 e. The monoisotopic (exact) mass is 179 g/mol. The fraction of sp³-hybridized carbons (Fsp3) is 0.200. The van der Waals surface area contributed by atoms with Crippen molar-refractivity contribution >= 4 is 17.3 Å². The molecule has 0 unspecified atom stereocenters. The molecule has 0 spiro atoms. The van der Waals surface area contributed by atoms with Crippen molar-refractivity contribution in [2.75, 3.05) is 6.54 Å². The second-order valence-corrected chi connectivity index (χ2v) is 3.52. The summed E-state index contributed by atoms with van der Waals surface area (Å²) in [5.41, 5.74) is 3.63. The van der Waals surface area contributed by atoms with E-state index in [0.717, 1.165) is 18.7 Å². The second kappa shape index (κ2) is 2.92. The lowest BCUT2D eigenvalue weighted by atomic mass is 9.98. The summed E-state index contributed by atoms with van der Waals surface area (Å²) < 4.78 is 1.75. The Bertz CT molecular complexity index is 319. The molecule has 2 heteroatoms. The number of nitrogens with zero attached hydrogens (tertiary/aromatic N) is 1. The first-order chi connectivity index (χ1) is 5.77. The summed E-state index contributed by atoms with van der Waals surface area (Å²) in [5.74, 6) is 0. The van der Waals surface area contributed by atoms with E-state index in [4.69, 9.17) is 11.8 Å². The lowest BCUT2D eigenvalue weighted by molar-refractivity contribution is 0.491. The molecular formula is C10H10ClN. The van der Waals surface area contributed by atoms with Crippen LogP contribution in [0.4, 0.5) is 0 Å². The van der Waals surface area contributed by atoms with Crippen molar-refractivity contribution in [3.05, 3.63) is 42.0 Å². The van der Waals surface area contributed by atoms with E-state index in [1.165, 1.54) is 11.1 Å². The van der Waals surface area contributed by atoms with E-state index in [2.05, 4.69) is 18.7 Å². The molecule has 0 fully saturated rings. The number of rotatable bonds is 0. The average molecular weight is 180 g/mol. The minimum absolute atomic E-state index is 0.762. The Morgan fingerprint density at radius 2 is 2.00 bits per heavy atom. The molecule has 0 amide bonds. The van der Waals surface area contributed by atoms with E-state index < -0.39 is 0 Å². The molecule has 0 radical (unpaired) electrons. The summed E-state index contributed by atoms with van der Waals surface area (Å²) in [4.78, 5) is 0. The maximum Gasteiger partial charge on any atom is 0.0399 e. The summed E-state index contributed by atoms with van der Waals surface area (Å²) >= 11 is 5.91. The molecule has 0 aliphatic carbocycles. The Hall–Kier alpha value is -0.790. The number of benzene rings is 1. The third-order valence-corrected chi connectivity index (χ3v) is 2.34. The quantitative estimate of drug-likeness (QED) is 0.554. The van der Waals surface area contributed by atoms with Gasteiger partial charge in [0.2, 0.25) is 0 Å². The average Bonchev–Trinajstić information content (AvgIpc) is 2.04. The fourth-order valence-corrected chi connectivity index (χ4v) is 1.81.